The van der Waals surface area contributed by atoms with Crippen molar-refractivity contribution in [1.29, 1.82) is 5.26 Å². The van der Waals surface area contributed by atoms with E-state index in [4.69, 9.17) is 10.00 Å². The molecule has 0 radical (unpaired) electrons. The molecule has 0 aromatic heterocycles. The summed E-state index contributed by atoms with van der Waals surface area (Å²) >= 11 is 0. The van der Waals surface area contributed by atoms with Gasteiger partial charge in [-0.05, 0) is 67.3 Å². The van der Waals surface area contributed by atoms with Crippen LogP contribution in [0.15, 0.2) is 42.5 Å². The standard InChI is InChI=1S/C19H18N2O2/c1-23-17-10-11-18-15(12-17)4-2-3-5-19(22)21(18)16-8-6-14(13-20)7-9-16/h6-12H,2-5H2,1H3. The summed E-state index contributed by atoms with van der Waals surface area (Å²) in [5.74, 6) is 0.886. The van der Waals surface area contributed by atoms with Gasteiger partial charge in [-0.3, -0.25) is 9.69 Å². The van der Waals surface area contributed by atoms with Gasteiger partial charge in [0.2, 0.25) is 5.91 Å². The predicted octanol–water partition coefficient (Wildman–Crippen LogP) is 3.96. The Morgan fingerprint density at radius 2 is 1.83 bits per heavy atom. The van der Waals surface area contributed by atoms with Crippen LogP contribution in [0, 0.1) is 11.3 Å². The third kappa shape index (κ3) is 3.04. The topological polar surface area (TPSA) is 53.3 Å². The van der Waals surface area contributed by atoms with E-state index >= 15 is 0 Å². The number of carbonyl (C=O) groups excluding carboxylic acids is 1. The van der Waals surface area contributed by atoms with Gasteiger partial charge in [0.1, 0.15) is 5.75 Å². The van der Waals surface area contributed by atoms with Crippen molar-refractivity contribution in [2.45, 2.75) is 25.7 Å². The monoisotopic (exact) mass is 306 g/mol. The fourth-order valence-electron chi connectivity index (χ4n) is 2.91. The smallest absolute Gasteiger partial charge is 0.231 e. The molecule has 1 aliphatic rings. The highest BCUT2D eigenvalue weighted by atomic mass is 16.5. The van der Waals surface area contributed by atoms with Crippen LogP contribution in [0.1, 0.15) is 30.4 Å². The van der Waals surface area contributed by atoms with Gasteiger partial charge in [0.05, 0.1) is 24.4 Å². The van der Waals surface area contributed by atoms with Gasteiger partial charge in [-0.1, -0.05) is 0 Å². The molecule has 1 heterocycles. The van der Waals surface area contributed by atoms with E-state index in [1.807, 2.05) is 30.3 Å². The van der Waals surface area contributed by atoms with Crippen LogP contribution in [-0.4, -0.2) is 13.0 Å². The Morgan fingerprint density at radius 1 is 1.09 bits per heavy atom. The van der Waals surface area contributed by atoms with Crippen molar-refractivity contribution >= 4 is 17.3 Å². The lowest BCUT2D eigenvalue weighted by molar-refractivity contribution is -0.118. The lowest BCUT2D eigenvalue weighted by Crippen LogP contribution is -2.27. The van der Waals surface area contributed by atoms with Crippen LogP contribution in [0.5, 0.6) is 5.75 Å². The summed E-state index contributed by atoms with van der Waals surface area (Å²) < 4.78 is 5.31. The zero-order valence-electron chi connectivity index (χ0n) is 13.1. The number of methoxy groups -OCH3 is 1. The van der Waals surface area contributed by atoms with Crippen molar-refractivity contribution in [2.75, 3.05) is 12.0 Å². The molecule has 0 saturated heterocycles. The maximum atomic E-state index is 12.7. The highest BCUT2D eigenvalue weighted by molar-refractivity contribution is 6.01. The van der Waals surface area contributed by atoms with Crippen molar-refractivity contribution in [3.05, 3.63) is 53.6 Å². The summed E-state index contributed by atoms with van der Waals surface area (Å²) in [6, 6.07) is 15.1. The van der Waals surface area contributed by atoms with E-state index in [-0.39, 0.29) is 5.91 Å². The molecule has 23 heavy (non-hydrogen) atoms. The molecule has 4 heteroatoms. The summed E-state index contributed by atoms with van der Waals surface area (Å²) in [5, 5.41) is 8.94. The van der Waals surface area contributed by atoms with Crippen molar-refractivity contribution in [3.8, 4) is 11.8 Å². The van der Waals surface area contributed by atoms with E-state index in [2.05, 4.69) is 6.07 Å². The molecule has 2 aromatic carbocycles. The number of nitriles is 1. The van der Waals surface area contributed by atoms with Crippen LogP contribution in [-0.2, 0) is 11.2 Å². The largest absolute Gasteiger partial charge is 0.497 e. The maximum Gasteiger partial charge on any atom is 0.231 e. The molecule has 0 spiro atoms. The Hall–Kier alpha value is -2.80. The Morgan fingerprint density at radius 3 is 2.52 bits per heavy atom. The number of hydrogen-bond donors (Lipinski definition) is 0. The number of rotatable bonds is 2. The number of anilines is 2. The second kappa shape index (κ2) is 6.53. The molecule has 4 nitrogen and oxygen atoms in total. The molecule has 1 amide bonds. The molecule has 0 saturated carbocycles. The predicted molar refractivity (Wildman–Crippen MR) is 88.9 cm³/mol. The van der Waals surface area contributed by atoms with E-state index in [0.717, 1.165) is 42.0 Å². The van der Waals surface area contributed by atoms with Crippen molar-refractivity contribution in [1.82, 2.24) is 0 Å². The number of carbonyl (C=O) groups is 1. The van der Waals surface area contributed by atoms with Crippen molar-refractivity contribution in [3.63, 3.8) is 0 Å². The summed E-state index contributed by atoms with van der Waals surface area (Å²) in [7, 11) is 1.65. The fraction of sp³-hybridized carbons (Fsp3) is 0.263. The fourth-order valence-corrected chi connectivity index (χ4v) is 2.91. The first-order valence-electron chi connectivity index (χ1n) is 7.73. The highest BCUT2D eigenvalue weighted by Crippen LogP contribution is 2.34. The molecule has 0 N–H and O–H groups in total. The maximum absolute atomic E-state index is 12.7. The number of fused-ring (bicyclic) bond motifs is 1. The van der Waals surface area contributed by atoms with Crippen LogP contribution in [0.4, 0.5) is 11.4 Å². The third-order valence-corrected chi connectivity index (χ3v) is 4.12. The van der Waals surface area contributed by atoms with Crippen LogP contribution < -0.4 is 9.64 Å². The van der Waals surface area contributed by atoms with Gasteiger partial charge in [-0.25, -0.2) is 0 Å². The first-order valence-corrected chi connectivity index (χ1v) is 7.73. The number of nitrogens with zero attached hydrogens (tertiary/aromatic N) is 2. The molecule has 0 unspecified atom stereocenters. The van der Waals surface area contributed by atoms with E-state index in [9.17, 15) is 4.79 Å². The van der Waals surface area contributed by atoms with Gasteiger partial charge in [0.25, 0.3) is 0 Å². The lowest BCUT2D eigenvalue weighted by Gasteiger charge is -2.28. The minimum Gasteiger partial charge on any atom is -0.497 e. The Labute approximate surface area is 135 Å². The van der Waals surface area contributed by atoms with E-state index in [1.165, 1.54) is 0 Å². The molecular weight excluding hydrogens is 288 g/mol. The molecule has 0 fully saturated rings. The number of ether oxygens (including phenoxy) is 1. The summed E-state index contributed by atoms with van der Waals surface area (Å²) in [6.45, 7) is 0. The van der Waals surface area contributed by atoms with Gasteiger partial charge in [0, 0.05) is 12.1 Å². The van der Waals surface area contributed by atoms with Gasteiger partial charge < -0.3 is 4.74 Å². The minimum atomic E-state index is 0.0841. The van der Waals surface area contributed by atoms with Crippen molar-refractivity contribution < 1.29 is 9.53 Å². The van der Waals surface area contributed by atoms with Crippen LogP contribution >= 0.6 is 0 Å². The van der Waals surface area contributed by atoms with Crippen molar-refractivity contribution in [2.24, 2.45) is 0 Å². The van der Waals surface area contributed by atoms with Gasteiger partial charge in [-0.15, -0.1) is 0 Å². The summed E-state index contributed by atoms with van der Waals surface area (Å²) in [4.78, 5) is 14.4. The molecule has 0 bridgehead atoms. The normalized spacial score (nSPS) is 14.4. The zero-order valence-corrected chi connectivity index (χ0v) is 13.1. The van der Waals surface area contributed by atoms with Gasteiger partial charge in [0.15, 0.2) is 0 Å². The molecule has 2 aromatic rings. The third-order valence-electron chi connectivity index (χ3n) is 4.12. The number of amides is 1. The average molecular weight is 306 g/mol. The van der Waals surface area contributed by atoms with Gasteiger partial charge in [-0.2, -0.15) is 5.26 Å². The van der Waals surface area contributed by atoms with Crippen LogP contribution in [0.25, 0.3) is 0 Å². The van der Waals surface area contributed by atoms with E-state index < -0.39 is 0 Å². The number of benzene rings is 2. The lowest BCUT2D eigenvalue weighted by atomic mass is 10.00. The zero-order chi connectivity index (χ0) is 16.2. The average Bonchev–Trinajstić information content (AvgIpc) is 2.58. The number of aryl methyl sites for hydroxylation is 1. The SMILES string of the molecule is COc1ccc2c(c1)CCCCC(=O)N2c1ccc(C#N)cc1. The van der Waals surface area contributed by atoms with E-state index in [1.54, 1.807) is 24.1 Å². The Bertz CT molecular complexity index is 760. The Kier molecular flexibility index (Phi) is 4.29. The first kappa shape index (κ1) is 15.1. The minimum absolute atomic E-state index is 0.0841. The molecule has 0 atom stereocenters. The summed E-state index contributed by atoms with van der Waals surface area (Å²) in [5.41, 5.74) is 3.40. The molecule has 0 aliphatic carbocycles. The molecule has 1 aliphatic heterocycles. The summed E-state index contributed by atoms with van der Waals surface area (Å²) in [6.07, 6.45) is 3.33. The van der Waals surface area contributed by atoms with Crippen LogP contribution in [0.2, 0.25) is 0 Å². The molecule has 3 rings (SSSR count). The van der Waals surface area contributed by atoms with Crippen LogP contribution in [0.3, 0.4) is 0 Å². The quantitative estimate of drug-likeness (QED) is 0.844. The molecule has 116 valence electrons. The number of hydrogen-bond acceptors (Lipinski definition) is 3. The van der Waals surface area contributed by atoms with Gasteiger partial charge >= 0.3 is 0 Å². The highest BCUT2D eigenvalue weighted by Gasteiger charge is 2.23. The molecular formula is C19H18N2O2. The Balaban J connectivity index is 2.09. The van der Waals surface area contributed by atoms with E-state index in [0.29, 0.717) is 12.0 Å². The second-order valence-corrected chi connectivity index (χ2v) is 5.59. The second-order valence-electron chi connectivity index (χ2n) is 5.59. The first-order chi connectivity index (χ1) is 11.2.